The van der Waals surface area contributed by atoms with Gasteiger partial charge in [-0.3, -0.25) is 4.79 Å². The minimum atomic E-state index is -0.0534. The molecule has 132 valence electrons. The molecule has 6 heteroatoms. The Hall–Kier alpha value is -1.88. The Morgan fingerprint density at radius 1 is 1.21 bits per heavy atom. The molecule has 2 N–H and O–H groups in total. The molecular weight excluding hydrogens is 328 g/mol. The van der Waals surface area contributed by atoms with Crippen LogP contribution in [0.3, 0.4) is 0 Å². The summed E-state index contributed by atoms with van der Waals surface area (Å²) in [5.41, 5.74) is 2.13. The molecule has 0 aliphatic heterocycles. The van der Waals surface area contributed by atoms with Crippen molar-refractivity contribution in [3.05, 3.63) is 28.8 Å². The Bertz CT molecular complexity index is 602. The molecule has 1 aliphatic carbocycles. The highest BCUT2D eigenvalue weighted by Gasteiger charge is 2.11. The normalized spacial score (nSPS) is 13.9. The fourth-order valence-electron chi connectivity index (χ4n) is 2.73. The molecule has 0 saturated heterocycles. The molecule has 0 spiro atoms. The number of halogens is 1. The summed E-state index contributed by atoms with van der Waals surface area (Å²) < 4.78 is 10.5. The number of hydrogen-bond donors (Lipinski definition) is 2. The molecule has 2 rings (SSSR count). The van der Waals surface area contributed by atoms with Gasteiger partial charge in [-0.15, -0.1) is 0 Å². The molecule has 0 unspecified atom stereocenters. The first-order valence-electron chi connectivity index (χ1n) is 8.24. The maximum atomic E-state index is 12.0. The van der Waals surface area contributed by atoms with Gasteiger partial charge in [0.05, 0.1) is 31.5 Å². The first kappa shape index (κ1) is 18.5. The molecule has 0 bridgehead atoms. The van der Waals surface area contributed by atoms with Gasteiger partial charge in [0.15, 0.2) is 0 Å². The van der Waals surface area contributed by atoms with E-state index < -0.39 is 0 Å². The Morgan fingerprint density at radius 3 is 2.67 bits per heavy atom. The van der Waals surface area contributed by atoms with Crippen molar-refractivity contribution in [3.63, 3.8) is 0 Å². The standard InChI is InChI=1S/C18H25ClN2O3/c1-23-16-11-15(17(24-2)10-14(16)19)21-12-18(22)20-9-8-13-6-4-3-5-7-13/h6,10-11,21H,3-5,7-9,12H2,1-2H3,(H,20,22). The second kappa shape index (κ2) is 9.42. The zero-order valence-electron chi connectivity index (χ0n) is 14.3. The van der Waals surface area contributed by atoms with Crippen LogP contribution >= 0.6 is 11.6 Å². The number of allylic oxidation sites excluding steroid dienone is 1. The minimum absolute atomic E-state index is 0.0534. The van der Waals surface area contributed by atoms with E-state index in [-0.39, 0.29) is 12.5 Å². The van der Waals surface area contributed by atoms with Crippen LogP contribution in [0.5, 0.6) is 11.5 Å². The quantitative estimate of drug-likeness (QED) is 0.699. The van der Waals surface area contributed by atoms with Gasteiger partial charge in [0, 0.05) is 18.7 Å². The summed E-state index contributed by atoms with van der Waals surface area (Å²) in [7, 11) is 3.10. The maximum absolute atomic E-state index is 12.0. The molecule has 1 aliphatic rings. The topological polar surface area (TPSA) is 59.6 Å². The van der Waals surface area contributed by atoms with Gasteiger partial charge < -0.3 is 20.1 Å². The zero-order valence-corrected chi connectivity index (χ0v) is 15.0. The highest BCUT2D eigenvalue weighted by Crippen LogP contribution is 2.35. The number of rotatable bonds is 8. The van der Waals surface area contributed by atoms with Crippen LogP contribution in [0.1, 0.15) is 32.1 Å². The van der Waals surface area contributed by atoms with Crippen LogP contribution in [0.25, 0.3) is 0 Å². The second-order valence-corrected chi connectivity index (χ2v) is 6.16. The Kier molecular flexibility index (Phi) is 7.25. The molecule has 24 heavy (non-hydrogen) atoms. The van der Waals surface area contributed by atoms with Crippen LogP contribution in [-0.2, 0) is 4.79 Å². The summed E-state index contributed by atoms with van der Waals surface area (Å²) in [5.74, 6) is 1.05. The first-order valence-corrected chi connectivity index (χ1v) is 8.62. The third kappa shape index (κ3) is 5.34. The van der Waals surface area contributed by atoms with Crippen molar-refractivity contribution in [2.24, 2.45) is 0 Å². The molecule has 5 nitrogen and oxygen atoms in total. The summed E-state index contributed by atoms with van der Waals surface area (Å²) in [6.07, 6.45) is 8.12. The number of nitrogens with one attached hydrogen (secondary N) is 2. The van der Waals surface area contributed by atoms with E-state index in [1.54, 1.807) is 26.4 Å². The van der Waals surface area contributed by atoms with E-state index in [1.165, 1.54) is 24.8 Å². The van der Waals surface area contributed by atoms with E-state index in [4.69, 9.17) is 21.1 Å². The van der Waals surface area contributed by atoms with E-state index in [0.29, 0.717) is 28.8 Å². The highest BCUT2D eigenvalue weighted by atomic mass is 35.5. The summed E-state index contributed by atoms with van der Waals surface area (Å²) >= 11 is 6.07. The largest absolute Gasteiger partial charge is 0.495 e. The van der Waals surface area contributed by atoms with E-state index in [1.807, 2.05) is 0 Å². The number of carbonyl (C=O) groups is 1. The third-order valence-electron chi connectivity index (χ3n) is 4.07. The van der Waals surface area contributed by atoms with Crippen molar-refractivity contribution in [1.82, 2.24) is 5.32 Å². The van der Waals surface area contributed by atoms with Crippen molar-refractivity contribution in [2.45, 2.75) is 32.1 Å². The predicted octanol–water partition coefficient (Wildman–Crippen LogP) is 3.78. The molecule has 0 saturated carbocycles. The highest BCUT2D eigenvalue weighted by molar-refractivity contribution is 6.32. The van der Waals surface area contributed by atoms with Crippen molar-refractivity contribution < 1.29 is 14.3 Å². The van der Waals surface area contributed by atoms with Gasteiger partial charge in [-0.25, -0.2) is 0 Å². The number of amides is 1. The number of ether oxygens (including phenoxy) is 2. The smallest absolute Gasteiger partial charge is 0.239 e. The SMILES string of the molecule is COc1cc(NCC(=O)NCCC2=CCCCC2)c(OC)cc1Cl. The molecule has 0 atom stereocenters. The van der Waals surface area contributed by atoms with Gasteiger partial charge >= 0.3 is 0 Å². The molecule has 0 heterocycles. The minimum Gasteiger partial charge on any atom is -0.495 e. The summed E-state index contributed by atoms with van der Waals surface area (Å²) in [6.45, 7) is 0.841. The molecule has 1 aromatic carbocycles. The van der Waals surface area contributed by atoms with Crippen LogP contribution in [-0.4, -0.2) is 33.2 Å². The van der Waals surface area contributed by atoms with E-state index >= 15 is 0 Å². The lowest BCUT2D eigenvalue weighted by molar-refractivity contribution is -0.119. The van der Waals surface area contributed by atoms with E-state index in [0.717, 1.165) is 12.8 Å². The van der Waals surface area contributed by atoms with Crippen molar-refractivity contribution >= 4 is 23.2 Å². The average Bonchev–Trinajstić information content (AvgIpc) is 2.61. The lowest BCUT2D eigenvalue weighted by Gasteiger charge is -2.15. The summed E-state index contributed by atoms with van der Waals surface area (Å²) in [4.78, 5) is 12.0. The molecule has 1 aromatic rings. The van der Waals surface area contributed by atoms with Gasteiger partial charge in [-0.1, -0.05) is 23.3 Å². The molecular formula is C18H25ClN2O3. The van der Waals surface area contributed by atoms with Gasteiger partial charge in [0.1, 0.15) is 11.5 Å². The lowest BCUT2D eigenvalue weighted by atomic mass is 9.97. The molecule has 0 aromatic heterocycles. The lowest BCUT2D eigenvalue weighted by Crippen LogP contribution is -2.31. The fourth-order valence-corrected chi connectivity index (χ4v) is 2.96. The number of hydrogen-bond acceptors (Lipinski definition) is 4. The van der Waals surface area contributed by atoms with Gasteiger partial charge in [-0.2, -0.15) is 0 Å². The summed E-state index contributed by atoms with van der Waals surface area (Å²) in [6, 6.07) is 3.39. The Morgan fingerprint density at radius 2 is 2.00 bits per heavy atom. The maximum Gasteiger partial charge on any atom is 0.239 e. The number of anilines is 1. The second-order valence-electron chi connectivity index (χ2n) is 5.75. The average molecular weight is 353 g/mol. The third-order valence-corrected chi connectivity index (χ3v) is 4.36. The van der Waals surface area contributed by atoms with E-state index in [2.05, 4.69) is 16.7 Å². The van der Waals surface area contributed by atoms with Crippen LogP contribution in [0.15, 0.2) is 23.8 Å². The Balaban J connectivity index is 1.81. The summed E-state index contributed by atoms with van der Waals surface area (Å²) in [5, 5.41) is 6.46. The predicted molar refractivity (Wildman–Crippen MR) is 97.2 cm³/mol. The Labute approximate surface area is 148 Å². The molecule has 0 fully saturated rings. The zero-order chi connectivity index (χ0) is 17.4. The molecule has 1 amide bonds. The van der Waals surface area contributed by atoms with Crippen molar-refractivity contribution in [2.75, 3.05) is 32.6 Å². The first-order chi connectivity index (χ1) is 11.6. The number of benzene rings is 1. The fraction of sp³-hybridized carbons (Fsp3) is 0.500. The van der Waals surface area contributed by atoms with Crippen molar-refractivity contribution in [3.8, 4) is 11.5 Å². The van der Waals surface area contributed by atoms with Gasteiger partial charge in [0.25, 0.3) is 0 Å². The van der Waals surface area contributed by atoms with Gasteiger partial charge in [0.2, 0.25) is 5.91 Å². The monoisotopic (exact) mass is 352 g/mol. The van der Waals surface area contributed by atoms with Crippen LogP contribution in [0.2, 0.25) is 5.02 Å². The van der Waals surface area contributed by atoms with E-state index in [9.17, 15) is 4.79 Å². The van der Waals surface area contributed by atoms with Crippen molar-refractivity contribution in [1.29, 1.82) is 0 Å². The number of carbonyl (C=O) groups excluding carboxylic acids is 1. The van der Waals surface area contributed by atoms with Crippen LogP contribution < -0.4 is 20.1 Å². The molecule has 0 radical (unpaired) electrons. The van der Waals surface area contributed by atoms with Crippen LogP contribution in [0.4, 0.5) is 5.69 Å². The number of methoxy groups -OCH3 is 2. The van der Waals surface area contributed by atoms with Crippen LogP contribution in [0, 0.1) is 0 Å². The van der Waals surface area contributed by atoms with Gasteiger partial charge in [-0.05, 0) is 32.1 Å².